The number of nitrogens with two attached hydrogens (primary N) is 1. The largest absolute Gasteiger partial charge is 0.446 e. The minimum Gasteiger partial charge on any atom is -0.324 e. The van der Waals surface area contributed by atoms with Gasteiger partial charge in [-0.1, -0.05) is 38.5 Å². The first-order valence-corrected chi connectivity index (χ1v) is 6.27. The summed E-state index contributed by atoms with van der Waals surface area (Å²) in [5.74, 6) is 0.157. The first kappa shape index (κ1) is 17.6. The van der Waals surface area contributed by atoms with E-state index in [1.54, 1.807) is 18.2 Å². The second kappa shape index (κ2) is 7.26. The van der Waals surface area contributed by atoms with Crippen molar-refractivity contribution in [3.8, 4) is 0 Å². The van der Waals surface area contributed by atoms with E-state index in [-0.39, 0.29) is 41.0 Å². The van der Waals surface area contributed by atoms with E-state index in [1.165, 1.54) is 6.07 Å². The number of benzene rings is 1. The van der Waals surface area contributed by atoms with Crippen molar-refractivity contribution >= 4 is 24.2 Å². The summed E-state index contributed by atoms with van der Waals surface area (Å²) in [6, 6.07) is 6.10. The number of alkyl halides is 3. The number of halogens is 4. The quantitative estimate of drug-likeness (QED) is 0.811. The average Bonchev–Trinajstić information content (AvgIpc) is 2.25. The van der Waals surface area contributed by atoms with Crippen LogP contribution in [-0.4, -0.2) is 5.51 Å². The maximum Gasteiger partial charge on any atom is 0.446 e. The van der Waals surface area contributed by atoms with E-state index >= 15 is 0 Å². The first-order valence-electron chi connectivity index (χ1n) is 5.45. The summed E-state index contributed by atoms with van der Waals surface area (Å²) < 4.78 is 37.2. The molecular formula is C12H17ClF3NS. The number of thioether (sulfide) groups is 1. The van der Waals surface area contributed by atoms with Gasteiger partial charge in [-0.05, 0) is 29.3 Å². The Morgan fingerprint density at radius 3 is 2.33 bits per heavy atom. The van der Waals surface area contributed by atoms with Crippen LogP contribution in [0.25, 0.3) is 0 Å². The summed E-state index contributed by atoms with van der Waals surface area (Å²) in [6.07, 6.45) is 0.839. The molecular weight excluding hydrogens is 283 g/mol. The van der Waals surface area contributed by atoms with Gasteiger partial charge in [0.1, 0.15) is 0 Å². The van der Waals surface area contributed by atoms with Crippen LogP contribution in [0.15, 0.2) is 29.2 Å². The third kappa shape index (κ3) is 5.08. The highest BCUT2D eigenvalue weighted by atomic mass is 35.5. The molecule has 0 spiro atoms. The topological polar surface area (TPSA) is 26.0 Å². The fraction of sp³-hybridized carbons (Fsp3) is 0.500. The standard InChI is InChI=1S/C12H16F3NS.ClH/c1-3-8(2)11(16)9-6-4-5-7-10(9)17-12(13,14)15;/h4-8,11H,3,16H2,1-2H3;1H/t8?,11-;/m0./s1. The van der Waals surface area contributed by atoms with E-state index in [2.05, 4.69) is 0 Å². The third-order valence-electron chi connectivity index (χ3n) is 2.76. The Morgan fingerprint density at radius 1 is 1.28 bits per heavy atom. The summed E-state index contributed by atoms with van der Waals surface area (Å²) >= 11 is -0.0964. The van der Waals surface area contributed by atoms with Gasteiger partial charge in [-0.15, -0.1) is 12.4 Å². The summed E-state index contributed by atoms with van der Waals surface area (Å²) in [7, 11) is 0. The zero-order valence-corrected chi connectivity index (χ0v) is 11.8. The fourth-order valence-electron chi connectivity index (χ4n) is 1.53. The van der Waals surface area contributed by atoms with Crippen LogP contribution in [0.4, 0.5) is 13.2 Å². The van der Waals surface area contributed by atoms with Gasteiger partial charge in [0.15, 0.2) is 0 Å². The van der Waals surface area contributed by atoms with Crippen molar-refractivity contribution in [2.24, 2.45) is 11.7 Å². The Morgan fingerprint density at radius 2 is 1.83 bits per heavy atom. The molecule has 6 heteroatoms. The highest BCUT2D eigenvalue weighted by molar-refractivity contribution is 8.00. The number of hydrogen-bond acceptors (Lipinski definition) is 2. The summed E-state index contributed by atoms with van der Waals surface area (Å²) in [5, 5.41) is 0. The van der Waals surface area contributed by atoms with Crippen molar-refractivity contribution in [2.45, 2.75) is 36.7 Å². The molecule has 1 rings (SSSR count). The molecule has 0 aliphatic carbocycles. The molecule has 0 aliphatic rings. The predicted molar refractivity (Wildman–Crippen MR) is 72.0 cm³/mol. The molecule has 0 bridgehead atoms. The molecule has 0 fully saturated rings. The van der Waals surface area contributed by atoms with Gasteiger partial charge in [-0.25, -0.2) is 0 Å². The Hall–Kier alpha value is -0.390. The average molecular weight is 300 g/mol. The van der Waals surface area contributed by atoms with Crippen LogP contribution in [-0.2, 0) is 0 Å². The molecule has 2 N–H and O–H groups in total. The number of rotatable bonds is 4. The molecule has 0 radical (unpaired) electrons. The molecule has 0 aliphatic heterocycles. The highest BCUT2D eigenvalue weighted by Crippen LogP contribution is 2.40. The van der Waals surface area contributed by atoms with Gasteiger partial charge in [0.05, 0.1) is 0 Å². The molecule has 1 aromatic rings. The zero-order valence-electron chi connectivity index (χ0n) is 10.2. The van der Waals surface area contributed by atoms with Crippen molar-refractivity contribution in [3.05, 3.63) is 29.8 Å². The van der Waals surface area contributed by atoms with Gasteiger partial charge < -0.3 is 5.73 Å². The van der Waals surface area contributed by atoms with Crippen LogP contribution in [0.3, 0.4) is 0 Å². The lowest BCUT2D eigenvalue weighted by atomic mass is 9.93. The summed E-state index contributed by atoms with van der Waals surface area (Å²) in [5.41, 5.74) is 2.29. The second-order valence-corrected chi connectivity index (χ2v) is 5.10. The van der Waals surface area contributed by atoms with Gasteiger partial charge in [0.2, 0.25) is 0 Å². The SMILES string of the molecule is CCC(C)[C@H](N)c1ccccc1SC(F)(F)F.Cl. The normalized spacial score (nSPS) is 14.8. The van der Waals surface area contributed by atoms with E-state index in [0.29, 0.717) is 5.56 Å². The second-order valence-electron chi connectivity index (χ2n) is 4.00. The van der Waals surface area contributed by atoms with Crippen molar-refractivity contribution in [1.82, 2.24) is 0 Å². The number of hydrogen-bond donors (Lipinski definition) is 1. The van der Waals surface area contributed by atoms with Crippen LogP contribution in [0.1, 0.15) is 31.9 Å². The van der Waals surface area contributed by atoms with Crippen molar-refractivity contribution < 1.29 is 13.2 Å². The lowest BCUT2D eigenvalue weighted by Gasteiger charge is -2.21. The maximum absolute atomic E-state index is 12.4. The van der Waals surface area contributed by atoms with Crippen LogP contribution in [0, 0.1) is 5.92 Å². The minimum atomic E-state index is -4.27. The lowest BCUT2D eigenvalue weighted by Crippen LogP contribution is -2.19. The van der Waals surface area contributed by atoms with Gasteiger partial charge in [0.25, 0.3) is 0 Å². The first-order chi connectivity index (χ1) is 7.85. The van der Waals surface area contributed by atoms with Gasteiger partial charge in [0, 0.05) is 10.9 Å². The summed E-state index contributed by atoms with van der Waals surface area (Å²) in [4.78, 5) is 0.202. The van der Waals surface area contributed by atoms with E-state index in [1.807, 2.05) is 13.8 Å². The van der Waals surface area contributed by atoms with Crippen LogP contribution < -0.4 is 5.73 Å². The van der Waals surface area contributed by atoms with E-state index in [9.17, 15) is 13.2 Å². The monoisotopic (exact) mass is 299 g/mol. The minimum absolute atomic E-state index is 0. The van der Waals surface area contributed by atoms with Crippen LogP contribution in [0.5, 0.6) is 0 Å². The molecule has 1 aromatic carbocycles. The Bertz CT molecular complexity index is 371. The van der Waals surface area contributed by atoms with E-state index in [0.717, 1.165) is 6.42 Å². The molecule has 0 amide bonds. The van der Waals surface area contributed by atoms with Gasteiger partial charge >= 0.3 is 5.51 Å². The smallest absolute Gasteiger partial charge is 0.324 e. The third-order valence-corrected chi connectivity index (χ3v) is 3.58. The lowest BCUT2D eigenvalue weighted by molar-refractivity contribution is -0.0328. The van der Waals surface area contributed by atoms with Crippen LogP contribution in [0.2, 0.25) is 0 Å². The molecule has 0 saturated heterocycles. The van der Waals surface area contributed by atoms with Crippen molar-refractivity contribution in [3.63, 3.8) is 0 Å². The molecule has 1 unspecified atom stereocenters. The van der Waals surface area contributed by atoms with Crippen molar-refractivity contribution in [1.29, 1.82) is 0 Å². The molecule has 0 heterocycles. The van der Waals surface area contributed by atoms with E-state index in [4.69, 9.17) is 5.73 Å². The Labute approximate surface area is 116 Å². The Kier molecular flexibility index (Phi) is 7.10. The Balaban J connectivity index is 0.00000289. The zero-order chi connectivity index (χ0) is 13.1. The van der Waals surface area contributed by atoms with Gasteiger partial charge in [-0.2, -0.15) is 13.2 Å². The molecule has 18 heavy (non-hydrogen) atoms. The molecule has 1 nitrogen and oxygen atoms in total. The maximum atomic E-state index is 12.4. The van der Waals surface area contributed by atoms with Crippen LogP contribution >= 0.6 is 24.2 Å². The fourth-order valence-corrected chi connectivity index (χ4v) is 2.25. The molecule has 2 atom stereocenters. The predicted octanol–water partition coefficient (Wildman–Crippen LogP) is 4.77. The van der Waals surface area contributed by atoms with Gasteiger partial charge in [-0.3, -0.25) is 0 Å². The van der Waals surface area contributed by atoms with Crippen molar-refractivity contribution in [2.75, 3.05) is 0 Å². The molecule has 0 saturated carbocycles. The molecule has 0 aromatic heterocycles. The highest BCUT2D eigenvalue weighted by Gasteiger charge is 2.31. The summed E-state index contributed by atoms with van der Waals surface area (Å²) in [6.45, 7) is 3.92. The molecule has 104 valence electrons. The van der Waals surface area contributed by atoms with E-state index < -0.39 is 5.51 Å².